The number of rotatable bonds is 3. The zero-order valence-corrected chi connectivity index (χ0v) is 14.4. The third-order valence-electron chi connectivity index (χ3n) is 3.61. The van der Waals surface area contributed by atoms with Gasteiger partial charge >= 0.3 is 12.1 Å². The molecule has 25 heavy (non-hydrogen) atoms. The lowest BCUT2D eigenvalue weighted by Crippen LogP contribution is -2.12. The third kappa shape index (κ3) is 4.39. The van der Waals surface area contributed by atoms with E-state index in [1.807, 2.05) is 24.3 Å². The minimum Gasteiger partial charge on any atom is -0.426 e. The van der Waals surface area contributed by atoms with E-state index in [9.17, 15) is 18.0 Å². The first-order valence-electron chi connectivity index (χ1n) is 7.37. The molecule has 128 valence electrons. The molecular weight excluding hydrogens is 397 g/mol. The fourth-order valence-corrected chi connectivity index (χ4v) is 2.83. The molecule has 0 atom stereocenters. The lowest BCUT2D eigenvalue weighted by atomic mass is 10.1. The number of benzene rings is 3. The van der Waals surface area contributed by atoms with Crippen molar-refractivity contribution in [2.24, 2.45) is 0 Å². The summed E-state index contributed by atoms with van der Waals surface area (Å²) in [5, 5.41) is 1.87. The zero-order valence-electron chi connectivity index (χ0n) is 12.8. The molecular formula is C19H12BrF3O2. The highest BCUT2D eigenvalue weighted by atomic mass is 79.9. The van der Waals surface area contributed by atoms with Gasteiger partial charge in [-0.25, -0.2) is 0 Å². The van der Waals surface area contributed by atoms with Gasteiger partial charge in [0.1, 0.15) is 5.75 Å². The number of hydrogen-bond acceptors (Lipinski definition) is 2. The van der Waals surface area contributed by atoms with E-state index in [4.69, 9.17) is 4.74 Å². The van der Waals surface area contributed by atoms with Gasteiger partial charge < -0.3 is 4.74 Å². The molecule has 3 rings (SSSR count). The Morgan fingerprint density at radius 1 is 0.960 bits per heavy atom. The van der Waals surface area contributed by atoms with Crippen LogP contribution in [0.15, 0.2) is 65.1 Å². The predicted octanol–water partition coefficient (Wildman–Crippen LogP) is 5.77. The molecule has 0 heterocycles. The number of carbonyl (C=O) groups is 1. The Hall–Kier alpha value is -2.34. The van der Waals surface area contributed by atoms with Gasteiger partial charge in [-0.2, -0.15) is 13.2 Å². The molecule has 0 aliphatic heterocycles. The van der Waals surface area contributed by atoms with Gasteiger partial charge in [-0.15, -0.1) is 0 Å². The Labute approximate surface area is 150 Å². The molecule has 0 fully saturated rings. The Bertz CT molecular complexity index is 935. The largest absolute Gasteiger partial charge is 0.426 e. The summed E-state index contributed by atoms with van der Waals surface area (Å²) in [4.78, 5) is 12.0. The summed E-state index contributed by atoms with van der Waals surface area (Å²) in [6, 6.07) is 15.5. The van der Waals surface area contributed by atoms with Crippen molar-refractivity contribution < 1.29 is 22.7 Å². The molecule has 0 unspecified atom stereocenters. The van der Waals surface area contributed by atoms with Crippen LogP contribution in [-0.2, 0) is 17.4 Å². The normalized spacial score (nSPS) is 11.5. The number of ether oxygens (including phenoxy) is 1. The lowest BCUT2D eigenvalue weighted by molar-refractivity contribution is -0.138. The number of fused-ring (bicyclic) bond motifs is 1. The Morgan fingerprint density at radius 2 is 1.68 bits per heavy atom. The average Bonchev–Trinajstić information content (AvgIpc) is 2.54. The van der Waals surface area contributed by atoms with Gasteiger partial charge in [-0.3, -0.25) is 4.79 Å². The van der Waals surface area contributed by atoms with E-state index >= 15 is 0 Å². The maximum Gasteiger partial charge on any atom is 0.416 e. The van der Waals surface area contributed by atoms with Gasteiger partial charge in [0.05, 0.1) is 12.0 Å². The van der Waals surface area contributed by atoms with E-state index in [0.29, 0.717) is 5.75 Å². The molecule has 0 amide bonds. The van der Waals surface area contributed by atoms with Crippen molar-refractivity contribution in [1.82, 2.24) is 0 Å². The quantitative estimate of drug-likeness (QED) is 0.406. The van der Waals surface area contributed by atoms with Crippen LogP contribution in [0.5, 0.6) is 5.75 Å². The molecule has 0 radical (unpaired) electrons. The summed E-state index contributed by atoms with van der Waals surface area (Å²) in [6.45, 7) is 0. The van der Waals surface area contributed by atoms with Crippen molar-refractivity contribution >= 4 is 32.7 Å². The van der Waals surface area contributed by atoms with Crippen LogP contribution in [0.25, 0.3) is 10.8 Å². The number of hydrogen-bond donors (Lipinski definition) is 0. The molecule has 0 aromatic heterocycles. The number of esters is 1. The van der Waals surface area contributed by atoms with E-state index in [1.165, 1.54) is 12.1 Å². The highest BCUT2D eigenvalue weighted by Crippen LogP contribution is 2.30. The van der Waals surface area contributed by atoms with Crippen LogP contribution in [0.3, 0.4) is 0 Å². The predicted molar refractivity (Wildman–Crippen MR) is 92.4 cm³/mol. The molecule has 0 aliphatic carbocycles. The summed E-state index contributed by atoms with van der Waals surface area (Å²) in [5.74, 6) is -0.261. The second kappa shape index (κ2) is 6.88. The van der Waals surface area contributed by atoms with Crippen molar-refractivity contribution in [1.29, 1.82) is 0 Å². The second-order valence-electron chi connectivity index (χ2n) is 5.50. The first kappa shape index (κ1) is 17.5. The SMILES string of the molecule is O=C(Cc1cccc(C(F)(F)F)c1)Oc1ccc2cc(Br)ccc2c1. The fraction of sp³-hybridized carbons (Fsp3) is 0.105. The monoisotopic (exact) mass is 408 g/mol. The van der Waals surface area contributed by atoms with Crippen LogP contribution in [0.1, 0.15) is 11.1 Å². The average molecular weight is 409 g/mol. The van der Waals surface area contributed by atoms with Gasteiger partial charge in [0.2, 0.25) is 0 Å². The summed E-state index contributed by atoms with van der Waals surface area (Å²) >= 11 is 3.38. The van der Waals surface area contributed by atoms with Gasteiger partial charge in [0.15, 0.2) is 0 Å². The van der Waals surface area contributed by atoms with E-state index in [1.54, 1.807) is 12.1 Å². The maximum absolute atomic E-state index is 12.7. The number of alkyl halides is 3. The van der Waals surface area contributed by atoms with E-state index in [0.717, 1.165) is 27.4 Å². The Morgan fingerprint density at radius 3 is 2.44 bits per heavy atom. The van der Waals surface area contributed by atoms with Crippen LogP contribution in [0, 0.1) is 0 Å². The standard InChI is InChI=1S/C19H12BrF3O2/c20-16-6-4-14-11-17(7-5-13(14)10-16)25-18(24)9-12-2-1-3-15(8-12)19(21,22)23/h1-8,10-11H,9H2. The van der Waals surface area contributed by atoms with Crippen LogP contribution < -0.4 is 4.74 Å². The van der Waals surface area contributed by atoms with E-state index < -0.39 is 17.7 Å². The fourth-order valence-electron chi connectivity index (χ4n) is 2.45. The minimum atomic E-state index is -4.44. The molecule has 0 saturated carbocycles. The van der Waals surface area contributed by atoms with Gasteiger partial charge in [0, 0.05) is 4.47 Å². The molecule has 0 bridgehead atoms. The molecule has 3 aromatic rings. The van der Waals surface area contributed by atoms with Crippen molar-refractivity contribution in [2.75, 3.05) is 0 Å². The summed E-state index contributed by atoms with van der Waals surface area (Å²) < 4.78 is 44.3. The Balaban J connectivity index is 1.73. The van der Waals surface area contributed by atoms with E-state index in [-0.39, 0.29) is 12.0 Å². The van der Waals surface area contributed by atoms with Gasteiger partial charge in [-0.05, 0) is 46.7 Å². The molecule has 0 spiro atoms. The number of carbonyl (C=O) groups excluding carboxylic acids is 1. The smallest absolute Gasteiger partial charge is 0.416 e. The third-order valence-corrected chi connectivity index (χ3v) is 4.10. The highest BCUT2D eigenvalue weighted by molar-refractivity contribution is 9.10. The molecule has 0 N–H and O–H groups in total. The molecule has 0 saturated heterocycles. The van der Waals surface area contributed by atoms with Gasteiger partial charge in [0.25, 0.3) is 0 Å². The summed E-state index contributed by atoms with van der Waals surface area (Å²) in [7, 11) is 0. The van der Waals surface area contributed by atoms with Crippen LogP contribution >= 0.6 is 15.9 Å². The zero-order chi connectivity index (χ0) is 18.0. The topological polar surface area (TPSA) is 26.3 Å². The first-order chi connectivity index (χ1) is 11.8. The molecule has 0 aliphatic rings. The summed E-state index contributed by atoms with van der Waals surface area (Å²) in [5.41, 5.74) is -0.529. The van der Waals surface area contributed by atoms with Crippen molar-refractivity contribution in [2.45, 2.75) is 12.6 Å². The first-order valence-corrected chi connectivity index (χ1v) is 8.17. The molecule has 6 heteroatoms. The minimum absolute atomic E-state index is 0.234. The molecule has 3 aromatic carbocycles. The Kier molecular flexibility index (Phi) is 4.81. The lowest BCUT2D eigenvalue weighted by Gasteiger charge is -2.09. The highest BCUT2D eigenvalue weighted by Gasteiger charge is 2.30. The van der Waals surface area contributed by atoms with Crippen LogP contribution in [0.2, 0.25) is 0 Å². The van der Waals surface area contributed by atoms with Crippen LogP contribution in [0.4, 0.5) is 13.2 Å². The second-order valence-corrected chi connectivity index (χ2v) is 6.42. The van der Waals surface area contributed by atoms with E-state index in [2.05, 4.69) is 15.9 Å². The number of halogens is 4. The molecule has 2 nitrogen and oxygen atoms in total. The maximum atomic E-state index is 12.7. The van der Waals surface area contributed by atoms with Crippen LogP contribution in [-0.4, -0.2) is 5.97 Å². The van der Waals surface area contributed by atoms with Crippen molar-refractivity contribution in [3.63, 3.8) is 0 Å². The van der Waals surface area contributed by atoms with Gasteiger partial charge in [-0.1, -0.05) is 46.3 Å². The van der Waals surface area contributed by atoms with Crippen molar-refractivity contribution in [3.8, 4) is 5.75 Å². The summed E-state index contributed by atoms with van der Waals surface area (Å²) in [6.07, 6.45) is -4.67. The van der Waals surface area contributed by atoms with Crippen molar-refractivity contribution in [3.05, 3.63) is 76.3 Å².